The first-order chi connectivity index (χ1) is 10.6. The zero-order valence-corrected chi connectivity index (χ0v) is 15.5. The van der Waals surface area contributed by atoms with E-state index in [0.717, 1.165) is 12.8 Å². The number of likely N-dealkylation sites (N-methyl/N-ethyl adjacent to an activating group) is 1. The van der Waals surface area contributed by atoms with Crippen molar-refractivity contribution in [1.82, 2.24) is 9.80 Å². The van der Waals surface area contributed by atoms with Crippen molar-refractivity contribution >= 4 is 12.0 Å². The van der Waals surface area contributed by atoms with Crippen LogP contribution < -0.4 is 5.73 Å². The molecule has 0 aromatic rings. The predicted molar refractivity (Wildman–Crippen MR) is 91.0 cm³/mol. The fraction of sp³-hybridized carbons (Fsp3) is 0.882. The van der Waals surface area contributed by atoms with Crippen LogP contribution >= 0.6 is 0 Å². The average molecular weight is 327 g/mol. The highest BCUT2D eigenvalue weighted by molar-refractivity contribution is 5.82. The van der Waals surface area contributed by atoms with E-state index in [2.05, 4.69) is 0 Å². The van der Waals surface area contributed by atoms with E-state index in [1.807, 2.05) is 41.5 Å². The Labute approximate surface area is 140 Å². The molecule has 0 aliphatic carbocycles. The molecule has 0 saturated carbocycles. The van der Waals surface area contributed by atoms with E-state index in [9.17, 15) is 9.59 Å². The van der Waals surface area contributed by atoms with Crippen LogP contribution in [-0.2, 0) is 9.53 Å². The number of piperidine rings is 1. The van der Waals surface area contributed by atoms with Gasteiger partial charge >= 0.3 is 6.09 Å². The maximum Gasteiger partial charge on any atom is 0.410 e. The molecule has 1 fully saturated rings. The summed E-state index contributed by atoms with van der Waals surface area (Å²) in [5, 5.41) is 0. The molecule has 2 amide bonds. The SMILES string of the molecule is CCN(C(=O)OC(C)(C)C)C1CCCN(C(=O)[C@@H](N)C(C)C)C1. The molecule has 1 aliphatic rings. The molecule has 1 rings (SSSR count). The Morgan fingerprint density at radius 1 is 1.35 bits per heavy atom. The molecule has 0 aromatic heterocycles. The molecule has 1 unspecified atom stereocenters. The highest BCUT2D eigenvalue weighted by Crippen LogP contribution is 2.20. The molecule has 0 radical (unpaired) electrons. The van der Waals surface area contributed by atoms with E-state index >= 15 is 0 Å². The molecule has 0 aromatic carbocycles. The molecule has 23 heavy (non-hydrogen) atoms. The number of hydrogen-bond donors (Lipinski definition) is 1. The van der Waals surface area contributed by atoms with Crippen LogP contribution in [0.2, 0.25) is 0 Å². The lowest BCUT2D eigenvalue weighted by Gasteiger charge is -2.40. The summed E-state index contributed by atoms with van der Waals surface area (Å²) >= 11 is 0. The van der Waals surface area contributed by atoms with Gasteiger partial charge in [0.25, 0.3) is 0 Å². The third-order valence-corrected chi connectivity index (χ3v) is 4.12. The van der Waals surface area contributed by atoms with Gasteiger partial charge in [0.15, 0.2) is 0 Å². The normalized spacial score (nSPS) is 20.3. The van der Waals surface area contributed by atoms with E-state index in [1.165, 1.54) is 0 Å². The van der Waals surface area contributed by atoms with Crippen LogP contribution in [0.3, 0.4) is 0 Å². The van der Waals surface area contributed by atoms with Gasteiger partial charge < -0.3 is 20.3 Å². The van der Waals surface area contributed by atoms with Crippen molar-refractivity contribution in [2.45, 2.75) is 72.1 Å². The molecule has 0 bridgehead atoms. The third-order valence-electron chi connectivity index (χ3n) is 4.12. The van der Waals surface area contributed by atoms with Crippen LogP contribution in [0, 0.1) is 5.92 Å². The Kier molecular flexibility index (Phi) is 6.86. The van der Waals surface area contributed by atoms with Crippen LogP contribution in [0.25, 0.3) is 0 Å². The van der Waals surface area contributed by atoms with Crippen molar-refractivity contribution in [3.63, 3.8) is 0 Å². The third kappa shape index (κ3) is 5.68. The van der Waals surface area contributed by atoms with Gasteiger partial charge in [0.05, 0.1) is 12.1 Å². The van der Waals surface area contributed by atoms with E-state index in [1.54, 1.807) is 9.80 Å². The summed E-state index contributed by atoms with van der Waals surface area (Å²) < 4.78 is 5.48. The Morgan fingerprint density at radius 2 is 1.96 bits per heavy atom. The molecule has 6 heteroatoms. The number of carbonyl (C=O) groups is 2. The Balaban J connectivity index is 2.75. The lowest BCUT2D eigenvalue weighted by molar-refractivity contribution is -0.135. The van der Waals surface area contributed by atoms with Gasteiger partial charge in [0.1, 0.15) is 5.60 Å². The minimum Gasteiger partial charge on any atom is -0.444 e. The fourth-order valence-corrected chi connectivity index (χ4v) is 2.76. The maximum atomic E-state index is 12.5. The minimum absolute atomic E-state index is 0.00749. The zero-order valence-electron chi connectivity index (χ0n) is 15.5. The van der Waals surface area contributed by atoms with Gasteiger partial charge in [-0.3, -0.25) is 4.79 Å². The number of nitrogens with zero attached hydrogens (tertiary/aromatic N) is 2. The van der Waals surface area contributed by atoms with Gasteiger partial charge in [-0.15, -0.1) is 0 Å². The Hall–Kier alpha value is -1.30. The first-order valence-corrected chi connectivity index (χ1v) is 8.60. The standard InChI is InChI=1S/C17H33N3O3/c1-7-20(16(22)23-17(4,5)6)13-9-8-10-19(11-13)15(21)14(18)12(2)3/h12-14H,7-11,18H2,1-6H3/t13?,14-/m0/s1. The van der Waals surface area contributed by atoms with Crippen LogP contribution in [-0.4, -0.2) is 59.1 Å². The molecule has 0 spiro atoms. The van der Waals surface area contributed by atoms with Crippen LogP contribution in [0.15, 0.2) is 0 Å². The van der Waals surface area contributed by atoms with Crippen LogP contribution in [0.5, 0.6) is 0 Å². The second-order valence-corrected chi connectivity index (χ2v) is 7.62. The molecular formula is C17H33N3O3. The average Bonchev–Trinajstić information content (AvgIpc) is 2.44. The highest BCUT2D eigenvalue weighted by atomic mass is 16.6. The van der Waals surface area contributed by atoms with Crippen molar-refractivity contribution < 1.29 is 14.3 Å². The second-order valence-electron chi connectivity index (χ2n) is 7.62. The smallest absolute Gasteiger partial charge is 0.410 e. The van der Waals surface area contributed by atoms with Gasteiger partial charge in [-0.05, 0) is 46.5 Å². The van der Waals surface area contributed by atoms with E-state index in [0.29, 0.717) is 19.6 Å². The first-order valence-electron chi connectivity index (χ1n) is 8.60. The predicted octanol–water partition coefficient (Wildman–Crippen LogP) is 2.22. The lowest BCUT2D eigenvalue weighted by atomic mass is 10.00. The summed E-state index contributed by atoms with van der Waals surface area (Å²) in [5.41, 5.74) is 5.47. The molecule has 2 atom stereocenters. The Morgan fingerprint density at radius 3 is 2.43 bits per heavy atom. The summed E-state index contributed by atoms with van der Waals surface area (Å²) in [7, 11) is 0. The quantitative estimate of drug-likeness (QED) is 0.859. The van der Waals surface area contributed by atoms with E-state index in [4.69, 9.17) is 10.5 Å². The van der Waals surface area contributed by atoms with Crippen molar-refractivity contribution in [3.8, 4) is 0 Å². The summed E-state index contributed by atoms with van der Waals surface area (Å²) in [6.07, 6.45) is 1.45. The number of hydrogen-bond acceptors (Lipinski definition) is 4. The first kappa shape index (κ1) is 19.7. The van der Waals surface area contributed by atoms with Gasteiger partial charge in [-0.1, -0.05) is 13.8 Å². The van der Waals surface area contributed by atoms with Gasteiger partial charge in [0.2, 0.25) is 5.91 Å². The molecule has 134 valence electrons. The second kappa shape index (κ2) is 7.99. The number of carbonyl (C=O) groups excluding carboxylic acids is 2. The van der Waals surface area contributed by atoms with Crippen molar-refractivity contribution in [2.75, 3.05) is 19.6 Å². The summed E-state index contributed by atoms with van der Waals surface area (Å²) in [5.74, 6) is 0.0842. The lowest BCUT2D eigenvalue weighted by Crippen LogP contribution is -2.56. The van der Waals surface area contributed by atoms with Crippen LogP contribution in [0.4, 0.5) is 4.79 Å². The number of nitrogens with two attached hydrogens (primary N) is 1. The zero-order chi connectivity index (χ0) is 17.8. The molecule has 2 N–H and O–H groups in total. The molecule has 1 saturated heterocycles. The number of likely N-dealkylation sites (tertiary alicyclic amines) is 1. The monoisotopic (exact) mass is 327 g/mol. The van der Waals surface area contributed by atoms with Gasteiger partial charge in [-0.25, -0.2) is 4.79 Å². The van der Waals surface area contributed by atoms with Crippen molar-refractivity contribution in [2.24, 2.45) is 11.7 Å². The van der Waals surface area contributed by atoms with Gasteiger partial charge in [0, 0.05) is 19.6 Å². The van der Waals surface area contributed by atoms with E-state index in [-0.39, 0.29) is 24.0 Å². The van der Waals surface area contributed by atoms with Crippen LogP contribution in [0.1, 0.15) is 54.4 Å². The molecule has 6 nitrogen and oxygen atoms in total. The molecular weight excluding hydrogens is 294 g/mol. The minimum atomic E-state index is -0.519. The Bertz CT molecular complexity index is 418. The summed E-state index contributed by atoms with van der Waals surface area (Å²) in [4.78, 5) is 28.4. The fourth-order valence-electron chi connectivity index (χ4n) is 2.76. The summed E-state index contributed by atoms with van der Waals surface area (Å²) in [6.45, 7) is 13.2. The van der Waals surface area contributed by atoms with Crippen molar-refractivity contribution in [1.29, 1.82) is 0 Å². The number of ether oxygens (including phenoxy) is 1. The molecule has 1 heterocycles. The number of rotatable bonds is 4. The highest BCUT2D eigenvalue weighted by Gasteiger charge is 2.33. The summed E-state index contributed by atoms with van der Waals surface area (Å²) in [6, 6.07) is -0.489. The van der Waals surface area contributed by atoms with E-state index < -0.39 is 11.6 Å². The number of amides is 2. The maximum absolute atomic E-state index is 12.5. The molecule has 1 aliphatic heterocycles. The topological polar surface area (TPSA) is 75.9 Å². The van der Waals surface area contributed by atoms with Gasteiger partial charge in [-0.2, -0.15) is 0 Å². The van der Waals surface area contributed by atoms with Crippen molar-refractivity contribution in [3.05, 3.63) is 0 Å². The largest absolute Gasteiger partial charge is 0.444 e.